The highest BCUT2D eigenvalue weighted by molar-refractivity contribution is 6.29. The zero-order chi connectivity index (χ0) is 8.27. The van der Waals surface area contributed by atoms with Gasteiger partial charge < -0.3 is 5.11 Å². The molecule has 1 aromatic rings. The molecule has 1 N–H and O–H groups in total. The van der Waals surface area contributed by atoms with E-state index >= 15 is 0 Å². The maximum Gasteiger partial charge on any atom is 0.329 e. The minimum absolute atomic E-state index is 0.113. The smallest absolute Gasteiger partial charge is 0.329 e. The van der Waals surface area contributed by atoms with Crippen LogP contribution in [0, 0.1) is 0 Å². The first kappa shape index (κ1) is 7.94. The number of aromatic nitrogens is 2. The molecule has 0 fully saturated rings. The Hall–Kier alpha value is -1.16. The predicted molar refractivity (Wildman–Crippen MR) is 38.3 cm³/mol. The summed E-state index contributed by atoms with van der Waals surface area (Å²) in [7, 11) is 0. The van der Waals surface area contributed by atoms with Gasteiger partial charge in [0.2, 0.25) is 0 Å². The molecule has 0 saturated heterocycles. The molecule has 58 valence electrons. The van der Waals surface area contributed by atoms with Crippen molar-refractivity contribution in [3.8, 4) is 0 Å². The molecule has 1 unspecified atom stereocenters. The molecule has 0 amide bonds. The largest absolute Gasteiger partial charge is 0.480 e. The molecule has 0 radical (unpaired) electrons. The van der Waals surface area contributed by atoms with Crippen molar-refractivity contribution in [2.75, 3.05) is 0 Å². The van der Waals surface area contributed by atoms with E-state index in [0.717, 1.165) is 0 Å². The summed E-state index contributed by atoms with van der Waals surface area (Å²) in [6.07, 6.45) is 2.89. The molecule has 5 heteroatoms. The summed E-state index contributed by atoms with van der Waals surface area (Å²) in [5, 5.41) is 7.27. The quantitative estimate of drug-likeness (QED) is 0.672. The van der Waals surface area contributed by atoms with E-state index in [9.17, 15) is 4.79 Å². The van der Waals surface area contributed by atoms with E-state index in [4.69, 9.17) is 16.7 Å². The van der Waals surface area contributed by atoms with Crippen LogP contribution >= 0.6 is 11.6 Å². The number of alkyl halides is 1. The number of carbonyl (C=O) groups is 1. The van der Waals surface area contributed by atoms with Crippen molar-refractivity contribution in [1.29, 1.82) is 0 Å². The molecule has 11 heavy (non-hydrogen) atoms. The van der Waals surface area contributed by atoms with Crippen LogP contribution in [0.25, 0.3) is 0 Å². The summed E-state index contributed by atoms with van der Waals surface area (Å²) in [6.45, 7) is 0. The molecule has 1 heterocycles. The number of nitrogens with zero attached hydrogens (tertiary/aromatic N) is 2. The highest BCUT2D eigenvalue weighted by Crippen LogP contribution is 2.14. The lowest BCUT2D eigenvalue weighted by molar-refractivity contribution is -0.136. The predicted octanol–water partition coefficient (Wildman–Crippen LogP) is 0.841. The van der Waals surface area contributed by atoms with Crippen LogP contribution in [0.3, 0.4) is 0 Å². The standard InChI is InChI=1S/C6H5ClN2O2/c7-4(6(10)11)5-8-2-1-3-9-5/h1-4H,(H,10,11). The molecule has 0 bridgehead atoms. The molecule has 0 spiro atoms. The van der Waals surface area contributed by atoms with Crippen molar-refractivity contribution in [1.82, 2.24) is 9.97 Å². The van der Waals surface area contributed by atoms with Crippen LogP contribution in [0.4, 0.5) is 0 Å². The molecule has 0 aliphatic heterocycles. The van der Waals surface area contributed by atoms with E-state index in [-0.39, 0.29) is 5.82 Å². The Morgan fingerprint density at radius 3 is 2.55 bits per heavy atom. The van der Waals surface area contributed by atoms with Gasteiger partial charge in [0, 0.05) is 12.4 Å². The number of halogens is 1. The third kappa shape index (κ3) is 1.88. The number of carboxylic acid groups (broad SMARTS) is 1. The highest BCUT2D eigenvalue weighted by atomic mass is 35.5. The molecule has 0 saturated carbocycles. The molecule has 0 aromatic carbocycles. The molecular formula is C6H5ClN2O2. The van der Waals surface area contributed by atoms with Crippen molar-refractivity contribution < 1.29 is 9.90 Å². The maximum absolute atomic E-state index is 10.3. The average Bonchev–Trinajstić information content (AvgIpc) is 2.05. The minimum atomic E-state index is -1.16. The summed E-state index contributed by atoms with van der Waals surface area (Å²) < 4.78 is 0. The van der Waals surface area contributed by atoms with E-state index in [1.165, 1.54) is 12.4 Å². The Bertz CT molecular complexity index is 252. The lowest BCUT2D eigenvalue weighted by Gasteiger charge is -1.99. The fourth-order valence-electron chi connectivity index (χ4n) is 0.552. The third-order valence-electron chi connectivity index (χ3n) is 1.03. The van der Waals surface area contributed by atoms with Crippen LogP contribution < -0.4 is 0 Å². The summed E-state index contributed by atoms with van der Waals surface area (Å²) in [6, 6.07) is 1.59. The second kappa shape index (κ2) is 3.30. The Kier molecular flexibility index (Phi) is 2.38. The van der Waals surface area contributed by atoms with E-state index in [0.29, 0.717) is 0 Å². The molecule has 0 aliphatic rings. The van der Waals surface area contributed by atoms with Crippen LogP contribution in [0.15, 0.2) is 18.5 Å². The number of carboxylic acids is 1. The average molecular weight is 173 g/mol. The van der Waals surface area contributed by atoms with Crippen molar-refractivity contribution in [2.45, 2.75) is 5.38 Å². The Balaban J connectivity index is 2.85. The first-order valence-electron chi connectivity index (χ1n) is 2.85. The number of rotatable bonds is 2. The van der Waals surface area contributed by atoms with Crippen LogP contribution in [0.2, 0.25) is 0 Å². The Morgan fingerprint density at radius 1 is 1.55 bits per heavy atom. The van der Waals surface area contributed by atoms with Gasteiger partial charge in [0.05, 0.1) is 0 Å². The van der Waals surface area contributed by atoms with Crippen molar-refractivity contribution in [2.24, 2.45) is 0 Å². The lowest BCUT2D eigenvalue weighted by Crippen LogP contribution is -2.08. The number of hydrogen-bond donors (Lipinski definition) is 1. The molecule has 4 nitrogen and oxygen atoms in total. The summed E-state index contributed by atoms with van der Waals surface area (Å²) >= 11 is 5.42. The van der Waals surface area contributed by atoms with Crippen molar-refractivity contribution >= 4 is 17.6 Å². The zero-order valence-electron chi connectivity index (χ0n) is 5.44. The van der Waals surface area contributed by atoms with E-state index in [2.05, 4.69) is 9.97 Å². The first-order valence-corrected chi connectivity index (χ1v) is 3.29. The zero-order valence-corrected chi connectivity index (χ0v) is 6.19. The van der Waals surface area contributed by atoms with Crippen molar-refractivity contribution in [3.05, 3.63) is 24.3 Å². The summed E-state index contributed by atoms with van der Waals surface area (Å²) in [5.74, 6) is -1.03. The first-order chi connectivity index (χ1) is 5.22. The Morgan fingerprint density at radius 2 is 2.09 bits per heavy atom. The Labute approximate surface area is 67.9 Å². The second-order valence-corrected chi connectivity index (χ2v) is 2.24. The fraction of sp³-hybridized carbons (Fsp3) is 0.167. The van der Waals surface area contributed by atoms with Gasteiger partial charge in [-0.2, -0.15) is 0 Å². The van der Waals surface area contributed by atoms with E-state index in [1.807, 2.05) is 0 Å². The third-order valence-corrected chi connectivity index (χ3v) is 1.41. The van der Waals surface area contributed by atoms with Crippen LogP contribution in [0.5, 0.6) is 0 Å². The monoisotopic (exact) mass is 172 g/mol. The summed E-state index contributed by atoms with van der Waals surface area (Å²) in [5.41, 5.74) is 0. The van der Waals surface area contributed by atoms with Gasteiger partial charge in [-0.15, -0.1) is 11.6 Å². The highest BCUT2D eigenvalue weighted by Gasteiger charge is 2.18. The summed E-state index contributed by atoms with van der Waals surface area (Å²) in [4.78, 5) is 17.6. The van der Waals surface area contributed by atoms with Gasteiger partial charge in [-0.3, -0.25) is 4.79 Å². The van der Waals surface area contributed by atoms with Gasteiger partial charge in [-0.25, -0.2) is 9.97 Å². The van der Waals surface area contributed by atoms with Gasteiger partial charge in [-0.05, 0) is 6.07 Å². The SMILES string of the molecule is O=C(O)C(Cl)c1ncccn1. The number of aliphatic carboxylic acids is 1. The lowest BCUT2D eigenvalue weighted by atomic mass is 10.4. The van der Waals surface area contributed by atoms with Gasteiger partial charge in [-0.1, -0.05) is 0 Å². The molecule has 1 atom stereocenters. The van der Waals surface area contributed by atoms with Gasteiger partial charge in [0.25, 0.3) is 0 Å². The minimum Gasteiger partial charge on any atom is -0.480 e. The normalized spacial score (nSPS) is 12.5. The van der Waals surface area contributed by atoms with Crippen LogP contribution in [0.1, 0.15) is 11.2 Å². The van der Waals surface area contributed by atoms with Crippen LogP contribution in [-0.4, -0.2) is 21.0 Å². The van der Waals surface area contributed by atoms with E-state index < -0.39 is 11.3 Å². The second-order valence-electron chi connectivity index (χ2n) is 1.81. The van der Waals surface area contributed by atoms with Crippen molar-refractivity contribution in [3.63, 3.8) is 0 Å². The molecule has 1 aromatic heterocycles. The molecule has 1 rings (SSSR count). The van der Waals surface area contributed by atoms with E-state index in [1.54, 1.807) is 6.07 Å². The topological polar surface area (TPSA) is 63.1 Å². The van der Waals surface area contributed by atoms with Gasteiger partial charge in [0.15, 0.2) is 11.2 Å². The van der Waals surface area contributed by atoms with Gasteiger partial charge >= 0.3 is 5.97 Å². The fourth-order valence-corrected chi connectivity index (χ4v) is 0.665. The number of hydrogen-bond acceptors (Lipinski definition) is 3. The van der Waals surface area contributed by atoms with Gasteiger partial charge in [0.1, 0.15) is 0 Å². The van der Waals surface area contributed by atoms with Crippen LogP contribution in [-0.2, 0) is 4.79 Å². The molecular weight excluding hydrogens is 168 g/mol. The maximum atomic E-state index is 10.3. The molecule has 0 aliphatic carbocycles.